The number of hydrogen-bond donors (Lipinski definition) is 1. The van der Waals surface area contributed by atoms with Crippen LogP contribution in [0, 0.1) is 5.92 Å². The van der Waals surface area contributed by atoms with Crippen LogP contribution in [0.25, 0.3) is 0 Å². The van der Waals surface area contributed by atoms with Crippen molar-refractivity contribution in [1.82, 2.24) is 10.2 Å². The first-order chi connectivity index (χ1) is 12.1. The quantitative estimate of drug-likeness (QED) is 0.884. The Morgan fingerprint density at radius 1 is 1.24 bits per heavy atom. The van der Waals surface area contributed by atoms with Gasteiger partial charge in [0.15, 0.2) is 0 Å². The summed E-state index contributed by atoms with van der Waals surface area (Å²) in [5, 5.41) is 2.93. The number of likely N-dealkylation sites (tertiary alicyclic amines) is 1. The number of hydrogen-bond acceptors (Lipinski definition) is 3. The Labute approximate surface area is 148 Å². The predicted octanol–water partition coefficient (Wildman–Crippen LogP) is 1.69. The highest BCUT2D eigenvalue weighted by Gasteiger charge is 2.33. The fraction of sp³-hybridized carbons (Fsp3) is 0.526. The maximum atomic E-state index is 12.3. The second-order valence-corrected chi connectivity index (χ2v) is 6.72. The average molecular weight is 343 g/mol. The van der Waals surface area contributed by atoms with Gasteiger partial charge in [-0.25, -0.2) is 0 Å². The predicted molar refractivity (Wildman–Crippen MR) is 94.9 cm³/mol. The minimum atomic E-state index is -0.265. The highest BCUT2D eigenvalue weighted by atomic mass is 16.2. The van der Waals surface area contributed by atoms with E-state index in [2.05, 4.69) is 5.32 Å². The second-order valence-electron chi connectivity index (χ2n) is 6.72. The summed E-state index contributed by atoms with van der Waals surface area (Å²) in [5.74, 6) is -0.132. The zero-order chi connectivity index (χ0) is 17.8. The van der Waals surface area contributed by atoms with Gasteiger partial charge in [-0.3, -0.25) is 14.4 Å². The fourth-order valence-electron chi connectivity index (χ4n) is 3.50. The van der Waals surface area contributed by atoms with Gasteiger partial charge in [0.2, 0.25) is 17.7 Å². The summed E-state index contributed by atoms with van der Waals surface area (Å²) in [4.78, 5) is 39.7. The van der Waals surface area contributed by atoms with Gasteiger partial charge in [-0.1, -0.05) is 12.1 Å². The Hall–Kier alpha value is -2.37. The molecular weight excluding hydrogens is 318 g/mol. The molecule has 2 aliphatic rings. The molecular formula is C19H25N3O3. The van der Waals surface area contributed by atoms with E-state index in [9.17, 15) is 14.4 Å². The number of benzene rings is 1. The lowest BCUT2D eigenvalue weighted by atomic mass is 10.1. The van der Waals surface area contributed by atoms with Crippen molar-refractivity contribution in [1.29, 1.82) is 0 Å². The van der Waals surface area contributed by atoms with Crippen LogP contribution in [0.2, 0.25) is 0 Å². The van der Waals surface area contributed by atoms with E-state index in [1.54, 1.807) is 4.90 Å². The average Bonchev–Trinajstić information content (AvgIpc) is 3.01. The molecule has 3 rings (SSSR count). The standard InChI is InChI=1S/C19H25N3O3/c1-2-21-13-15(11-18(21)24)19(25)20-12-14-6-5-7-16(10-14)22-9-4-3-8-17(22)23/h5-7,10,15H,2-4,8-9,11-13H2,1H3,(H,20,25). The lowest BCUT2D eigenvalue weighted by Crippen LogP contribution is -2.35. The number of nitrogens with zero attached hydrogens (tertiary/aromatic N) is 2. The Morgan fingerprint density at radius 3 is 2.80 bits per heavy atom. The molecule has 25 heavy (non-hydrogen) atoms. The lowest BCUT2D eigenvalue weighted by Gasteiger charge is -2.27. The number of amides is 3. The number of nitrogens with one attached hydrogen (secondary N) is 1. The van der Waals surface area contributed by atoms with Crippen LogP contribution < -0.4 is 10.2 Å². The van der Waals surface area contributed by atoms with Gasteiger partial charge in [-0.2, -0.15) is 0 Å². The van der Waals surface area contributed by atoms with Gasteiger partial charge >= 0.3 is 0 Å². The van der Waals surface area contributed by atoms with Crippen LogP contribution in [0.4, 0.5) is 5.69 Å². The van der Waals surface area contributed by atoms with Gasteiger partial charge in [-0.15, -0.1) is 0 Å². The van der Waals surface area contributed by atoms with E-state index in [0.29, 0.717) is 32.5 Å². The van der Waals surface area contributed by atoms with E-state index < -0.39 is 0 Å². The highest BCUT2D eigenvalue weighted by Crippen LogP contribution is 2.22. The molecule has 6 nitrogen and oxygen atoms in total. The summed E-state index contributed by atoms with van der Waals surface area (Å²) in [6, 6.07) is 7.75. The van der Waals surface area contributed by atoms with Crippen molar-refractivity contribution in [3.8, 4) is 0 Å². The lowest BCUT2D eigenvalue weighted by molar-refractivity contribution is -0.128. The summed E-state index contributed by atoms with van der Waals surface area (Å²) < 4.78 is 0. The molecule has 1 aromatic rings. The smallest absolute Gasteiger partial charge is 0.226 e. The van der Waals surface area contributed by atoms with Crippen LogP contribution in [-0.4, -0.2) is 42.3 Å². The molecule has 6 heteroatoms. The highest BCUT2D eigenvalue weighted by molar-refractivity contribution is 5.94. The van der Waals surface area contributed by atoms with E-state index in [1.165, 1.54) is 0 Å². The van der Waals surface area contributed by atoms with Crippen LogP contribution in [0.15, 0.2) is 24.3 Å². The minimum Gasteiger partial charge on any atom is -0.352 e. The largest absolute Gasteiger partial charge is 0.352 e. The van der Waals surface area contributed by atoms with Crippen LogP contribution in [0.5, 0.6) is 0 Å². The Kier molecular flexibility index (Phi) is 5.36. The summed E-state index contributed by atoms with van der Waals surface area (Å²) in [6.45, 7) is 4.24. The van der Waals surface area contributed by atoms with Gasteiger partial charge in [0, 0.05) is 44.7 Å². The molecule has 0 bridgehead atoms. The normalized spacial score (nSPS) is 20.9. The molecule has 1 atom stereocenters. The maximum Gasteiger partial charge on any atom is 0.226 e. The van der Waals surface area contributed by atoms with Crippen LogP contribution in [0.3, 0.4) is 0 Å². The van der Waals surface area contributed by atoms with Crippen molar-refractivity contribution < 1.29 is 14.4 Å². The number of rotatable bonds is 5. The molecule has 1 N–H and O–H groups in total. The third-order valence-electron chi connectivity index (χ3n) is 4.98. The third-order valence-corrected chi connectivity index (χ3v) is 4.98. The van der Waals surface area contributed by atoms with Crippen molar-refractivity contribution in [2.24, 2.45) is 5.92 Å². The first-order valence-electron chi connectivity index (χ1n) is 9.03. The molecule has 1 unspecified atom stereocenters. The molecule has 2 saturated heterocycles. The Bertz CT molecular complexity index is 674. The SMILES string of the molecule is CCN1CC(C(=O)NCc2cccc(N3CCCCC3=O)c2)CC1=O. The van der Waals surface area contributed by atoms with E-state index >= 15 is 0 Å². The Balaban J connectivity index is 1.58. The van der Waals surface area contributed by atoms with Crippen molar-refractivity contribution >= 4 is 23.4 Å². The number of piperidine rings is 1. The Morgan fingerprint density at radius 2 is 2.08 bits per heavy atom. The molecule has 0 aliphatic carbocycles. The summed E-state index contributed by atoms with van der Waals surface area (Å²) >= 11 is 0. The van der Waals surface area contributed by atoms with Gasteiger partial charge < -0.3 is 15.1 Å². The summed E-state index contributed by atoms with van der Waals surface area (Å²) in [6.07, 6.45) is 2.88. The van der Waals surface area contributed by atoms with Gasteiger partial charge in [-0.05, 0) is 37.5 Å². The third kappa shape index (κ3) is 4.00. The molecule has 2 heterocycles. The van der Waals surface area contributed by atoms with E-state index in [-0.39, 0.29) is 23.6 Å². The molecule has 0 aromatic heterocycles. The summed E-state index contributed by atoms with van der Waals surface area (Å²) in [7, 11) is 0. The van der Waals surface area contributed by atoms with Crippen molar-refractivity contribution in [2.45, 2.75) is 39.2 Å². The minimum absolute atomic E-state index is 0.0493. The molecule has 0 spiro atoms. The molecule has 2 aliphatic heterocycles. The van der Waals surface area contributed by atoms with Crippen LogP contribution in [0.1, 0.15) is 38.2 Å². The zero-order valence-electron chi connectivity index (χ0n) is 14.7. The molecule has 134 valence electrons. The fourth-order valence-corrected chi connectivity index (χ4v) is 3.50. The number of anilines is 1. The topological polar surface area (TPSA) is 69.7 Å². The molecule has 1 aromatic carbocycles. The van der Waals surface area contributed by atoms with Crippen LogP contribution >= 0.6 is 0 Å². The maximum absolute atomic E-state index is 12.3. The van der Waals surface area contributed by atoms with E-state index in [0.717, 1.165) is 30.6 Å². The van der Waals surface area contributed by atoms with Gasteiger partial charge in [0.25, 0.3) is 0 Å². The van der Waals surface area contributed by atoms with Crippen molar-refractivity contribution in [2.75, 3.05) is 24.5 Å². The zero-order valence-corrected chi connectivity index (χ0v) is 14.7. The molecule has 0 saturated carbocycles. The molecule has 3 amide bonds. The van der Waals surface area contributed by atoms with E-state index in [1.807, 2.05) is 36.1 Å². The van der Waals surface area contributed by atoms with Gasteiger partial charge in [0.05, 0.1) is 5.92 Å². The molecule has 2 fully saturated rings. The van der Waals surface area contributed by atoms with Gasteiger partial charge in [0.1, 0.15) is 0 Å². The number of carbonyl (C=O) groups excluding carboxylic acids is 3. The summed E-state index contributed by atoms with van der Waals surface area (Å²) in [5.41, 5.74) is 1.85. The van der Waals surface area contributed by atoms with Crippen molar-refractivity contribution in [3.63, 3.8) is 0 Å². The second kappa shape index (κ2) is 7.68. The van der Waals surface area contributed by atoms with Crippen molar-refractivity contribution in [3.05, 3.63) is 29.8 Å². The molecule has 0 radical (unpaired) electrons. The first kappa shape index (κ1) is 17.5. The number of carbonyl (C=O) groups is 3. The monoisotopic (exact) mass is 343 g/mol. The van der Waals surface area contributed by atoms with Crippen LogP contribution in [-0.2, 0) is 20.9 Å². The first-order valence-corrected chi connectivity index (χ1v) is 9.03. The van der Waals surface area contributed by atoms with E-state index in [4.69, 9.17) is 0 Å².